The number of hydrogen-bond acceptors (Lipinski definition) is 0. The molecule has 0 aromatic rings. The highest BCUT2D eigenvalue weighted by atomic mass is 14.3. The minimum Gasteiger partial charge on any atom is -0.0625 e. The molecule has 1 saturated carbocycles. The predicted octanol–water partition coefficient (Wildman–Crippen LogP) is 5.42. The van der Waals surface area contributed by atoms with Gasteiger partial charge in [-0.05, 0) is 23.7 Å². The first-order valence-corrected chi connectivity index (χ1v) is 7.02. The van der Waals surface area contributed by atoms with E-state index in [1.165, 1.54) is 51.4 Å². The molecule has 2 unspecified atom stereocenters. The van der Waals surface area contributed by atoms with E-state index in [0.717, 1.165) is 11.8 Å². The molecule has 0 nitrogen and oxygen atoms in total. The van der Waals surface area contributed by atoms with Crippen molar-refractivity contribution in [1.82, 2.24) is 0 Å². The van der Waals surface area contributed by atoms with Gasteiger partial charge in [0, 0.05) is 0 Å². The van der Waals surface area contributed by atoms with Gasteiger partial charge in [0.15, 0.2) is 0 Å². The zero-order chi connectivity index (χ0) is 11.3. The van der Waals surface area contributed by atoms with Crippen LogP contribution in [0.4, 0.5) is 0 Å². The largest absolute Gasteiger partial charge is 0.0625 e. The van der Waals surface area contributed by atoms with Gasteiger partial charge in [0.1, 0.15) is 0 Å². The van der Waals surface area contributed by atoms with E-state index in [1.807, 2.05) is 0 Å². The molecule has 0 aliphatic heterocycles. The van der Waals surface area contributed by atoms with Crippen LogP contribution in [0.1, 0.15) is 79.1 Å². The van der Waals surface area contributed by atoms with Gasteiger partial charge in [0.05, 0.1) is 0 Å². The molecule has 0 heteroatoms. The molecular weight excluding hydrogens is 180 g/mol. The molecular formula is C15H30. The lowest BCUT2D eigenvalue weighted by atomic mass is 9.74. The normalized spacial score (nSPS) is 34.4. The number of hydrogen-bond donors (Lipinski definition) is 0. The highest BCUT2D eigenvalue weighted by Crippen LogP contribution is 2.37. The van der Waals surface area contributed by atoms with E-state index in [1.54, 1.807) is 0 Å². The quantitative estimate of drug-likeness (QED) is 0.501. The summed E-state index contributed by atoms with van der Waals surface area (Å²) in [5, 5.41) is 0. The summed E-state index contributed by atoms with van der Waals surface area (Å²) < 4.78 is 0. The van der Waals surface area contributed by atoms with Crippen molar-refractivity contribution in [3.05, 3.63) is 0 Å². The first-order chi connectivity index (χ1) is 7.02. The monoisotopic (exact) mass is 210 g/mol. The van der Waals surface area contributed by atoms with Crippen molar-refractivity contribution in [3.63, 3.8) is 0 Å². The van der Waals surface area contributed by atoms with Crippen molar-refractivity contribution in [3.8, 4) is 0 Å². The summed E-state index contributed by atoms with van der Waals surface area (Å²) in [6, 6.07) is 0. The van der Waals surface area contributed by atoms with E-state index in [4.69, 9.17) is 0 Å². The van der Waals surface area contributed by atoms with Gasteiger partial charge in [0.2, 0.25) is 0 Å². The maximum atomic E-state index is 2.47. The van der Waals surface area contributed by atoms with Crippen LogP contribution in [0, 0.1) is 17.3 Å². The Kier molecular flexibility index (Phi) is 5.15. The maximum absolute atomic E-state index is 2.47. The SMILES string of the molecule is CC1CCCCCC(C)C(C)(C)CCC1. The fourth-order valence-corrected chi connectivity index (χ4v) is 2.81. The summed E-state index contributed by atoms with van der Waals surface area (Å²) in [5.74, 6) is 1.88. The van der Waals surface area contributed by atoms with Crippen molar-refractivity contribution in [1.29, 1.82) is 0 Å². The van der Waals surface area contributed by atoms with Gasteiger partial charge in [-0.1, -0.05) is 72.6 Å². The Labute approximate surface area is 96.8 Å². The molecule has 1 aliphatic carbocycles. The molecule has 0 amide bonds. The summed E-state index contributed by atoms with van der Waals surface area (Å²) in [7, 11) is 0. The zero-order valence-corrected chi connectivity index (χ0v) is 11.3. The lowest BCUT2D eigenvalue weighted by Crippen LogP contribution is -2.21. The lowest BCUT2D eigenvalue weighted by molar-refractivity contribution is 0.190. The molecule has 1 aliphatic rings. The molecule has 0 aromatic heterocycles. The molecule has 0 spiro atoms. The van der Waals surface area contributed by atoms with Crippen LogP contribution in [0.5, 0.6) is 0 Å². The van der Waals surface area contributed by atoms with E-state index in [-0.39, 0.29) is 0 Å². The standard InChI is InChI=1S/C15H30/c1-13-9-6-5-7-11-14(2)15(3,4)12-8-10-13/h13-14H,5-12H2,1-4H3. The van der Waals surface area contributed by atoms with Crippen molar-refractivity contribution in [2.75, 3.05) is 0 Å². The minimum absolute atomic E-state index is 0.573. The molecule has 15 heavy (non-hydrogen) atoms. The molecule has 0 N–H and O–H groups in total. The van der Waals surface area contributed by atoms with Gasteiger partial charge in [0.25, 0.3) is 0 Å². The highest BCUT2D eigenvalue weighted by molar-refractivity contribution is 4.76. The van der Waals surface area contributed by atoms with Crippen LogP contribution in [0.2, 0.25) is 0 Å². The Morgan fingerprint density at radius 2 is 1.40 bits per heavy atom. The molecule has 0 saturated heterocycles. The van der Waals surface area contributed by atoms with Crippen LogP contribution in [-0.2, 0) is 0 Å². The summed E-state index contributed by atoms with van der Waals surface area (Å²) in [4.78, 5) is 0. The van der Waals surface area contributed by atoms with Crippen LogP contribution in [-0.4, -0.2) is 0 Å². The highest BCUT2D eigenvalue weighted by Gasteiger charge is 2.25. The van der Waals surface area contributed by atoms with Gasteiger partial charge in [-0.3, -0.25) is 0 Å². The molecule has 90 valence electrons. The van der Waals surface area contributed by atoms with Gasteiger partial charge in [-0.2, -0.15) is 0 Å². The average Bonchev–Trinajstić information content (AvgIpc) is 2.17. The van der Waals surface area contributed by atoms with E-state index in [9.17, 15) is 0 Å². The first-order valence-electron chi connectivity index (χ1n) is 7.02. The third kappa shape index (κ3) is 4.57. The van der Waals surface area contributed by atoms with Crippen LogP contribution >= 0.6 is 0 Å². The van der Waals surface area contributed by atoms with Gasteiger partial charge in [-0.25, -0.2) is 0 Å². The Morgan fingerprint density at radius 3 is 2.13 bits per heavy atom. The lowest BCUT2D eigenvalue weighted by Gasteiger charge is -2.32. The summed E-state index contributed by atoms with van der Waals surface area (Å²) in [6.07, 6.45) is 11.6. The van der Waals surface area contributed by atoms with E-state index < -0.39 is 0 Å². The molecule has 1 rings (SSSR count). The molecule has 0 aromatic carbocycles. The van der Waals surface area contributed by atoms with E-state index >= 15 is 0 Å². The summed E-state index contributed by atoms with van der Waals surface area (Å²) in [5.41, 5.74) is 0.573. The Balaban J connectivity index is 2.48. The molecule has 0 bridgehead atoms. The van der Waals surface area contributed by atoms with Crippen LogP contribution < -0.4 is 0 Å². The van der Waals surface area contributed by atoms with Crippen molar-refractivity contribution in [2.24, 2.45) is 17.3 Å². The fraction of sp³-hybridized carbons (Fsp3) is 1.00. The average molecular weight is 210 g/mol. The van der Waals surface area contributed by atoms with E-state index in [2.05, 4.69) is 27.7 Å². The topological polar surface area (TPSA) is 0 Å². The second kappa shape index (κ2) is 5.92. The molecule has 2 atom stereocenters. The molecule has 0 radical (unpaired) electrons. The first kappa shape index (κ1) is 13.1. The van der Waals surface area contributed by atoms with Crippen molar-refractivity contribution >= 4 is 0 Å². The smallest absolute Gasteiger partial charge is 0.0329 e. The Morgan fingerprint density at radius 1 is 0.800 bits per heavy atom. The third-order valence-electron chi connectivity index (χ3n) is 4.69. The molecule has 1 fully saturated rings. The van der Waals surface area contributed by atoms with Crippen LogP contribution in [0.15, 0.2) is 0 Å². The van der Waals surface area contributed by atoms with Gasteiger partial charge in [-0.15, -0.1) is 0 Å². The Bertz CT molecular complexity index is 169. The van der Waals surface area contributed by atoms with E-state index in [0.29, 0.717) is 5.41 Å². The minimum atomic E-state index is 0.573. The van der Waals surface area contributed by atoms with Gasteiger partial charge < -0.3 is 0 Å². The van der Waals surface area contributed by atoms with Crippen LogP contribution in [0.25, 0.3) is 0 Å². The second-order valence-electron chi connectivity index (χ2n) is 6.53. The Hall–Kier alpha value is 0. The van der Waals surface area contributed by atoms with Crippen molar-refractivity contribution in [2.45, 2.75) is 79.1 Å². The van der Waals surface area contributed by atoms with Gasteiger partial charge >= 0.3 is 0 Å². The fourth-order valence-electron chi connectivity index (χ4n) is 2.81. The second-order valence-corrected chi connectivity index (χ2v) is 6.53. The van der Waals surface area contributed by atoms with Crippen molar-refractivity contribution < 1.29 is 0 Å². The zero-order valence-electron chi connectivity index (χ0n) is 11.3. The maximum Gasteiger partial charge on any atom is -0.0329 e. The molecule has 0 heterocycles. The summed E-state index contributed by atoms with van der Waals surface area (Å²) in [6.45, 7) is 9.84. The summed E-state index contributed by atoms with van der Waals surface area (Å²) >= 11 is 0. The number of rotatable bonds is 0. The van der Waals surface area contributed by atoms with Crippen LogP contribution in [0.3, 0.4) is 0 Å². The third-order valence-corrected chi connectivity index (χ3v) is 4.69. The predicted molar refractivity (Wildman–Crippen MR) is 69.0 cm³/mol.